The lowest BCUT2D eigenvalue weighted by Gasteiger charge is -2.21. The number of hydrogen-bond donors (Lipinski definition) is 2. The number of rotatable bonds is 9. The molecule has 2 rings (SSSR count). The van der Waals surface area contributed by atoms with Gasteiger partial charge in [0.05, 0.1) is 6.61 Å². The highest BCUT2D eigenvalue weighted by molar-refractivity contribution is 8.01. The number of thioether (sulfide) groups is 1. The molecule has 0 aliphatic heterocycles. The van der Waals surface area contributed by atoms with Crippen LogP contribution in [0.5, 0.6) is 5.75 Å². The molecule has 0 aliphatic rings. The number of ether oxygens (including phenoxy) is 1. The van der Waals surface area contributed by atoms with Crippen LogP contribution in [0.1, 0.15) is 38.1 Å². The van der Waals surface area contributed by atoms with Gasteiger partial charge >= 0.3 is 0 Å². The Morgan fingerprint density at radius 3 is 2.48 bits per heavy atom. The fraction of sp³-hybridized carbons (Fsp3) is 0.444. The van der Waals surface area contributed by atoms with Gasteiger partial charge in [0.2, 0.25) is 11.0 Å². The summed E-state index contributed by atoms with van der Waals surface area (Å²) < 4.78 is 6.17. The summed E-state index contributed by atoms with van der Waals surface area (Å²) in [5.74, 6) is 0.869. The molecule has 1 unspecified atom stereocenters. The first-order valence-electron chi connectivity index (χ1n) is 8.75. The first-order chi connectivity index (χ1) is 12.9. The van der Waals surface area contributed by atoms with Gasteiger partial charge in [-0.15, -0.1) is 10.2 Å². The molecule has 0 spiro atoms. The second-order valence-corrected chi connectivity index (χ2v) is 8.44. The Balaban J connectivity index is 2.02. The molecule has 7 nitrogen and oxygen atoms in total. The van der Waals surface area contributed by atoms with Crippen molar-refractivity contribution in [2.24, 2.45) is 5.92 Å². The zero-order valence-corrected chi connectivity index (χ0v) is 17.4. The number of carbonyl (C=O) groups excluding carboxylic acids is 2. The van der Waals surface area contributed by atoms with Crippen LogP contribution in [0.4, 0.5) is 5.13 Å². The van der Waals surface area contributed by atoms with Crippen molar-refractivity contribution in [2.45, 2.75) is 38.1 Å². The predicted molar refractivity (Wildman–Crippen MR) is 109 cm³/mol. The van der Waals surface area contributed by atoms with E-state index in [0.717, 1.165) is 10.1 Å². The van der Waals surface area contributed by atoms with Gasteiger partial charge in [-0.1, -0.05) is 43.9 Å². The molecule has 0 fully saturated rings. The summed E-state index contributed by atoms with van der Waals surface area (Å²) in [7, 11) is 0. The third kappa shape index (κ3) is 6.21. The Hall–Kier alpha value is -2.13. The third-order valence-electron chi connectivity index (χ3n) is 3.57. The quantitative estimate of drug-likeness (QED) is 0.488. The van der Waals surface area contributed by atoms with E-state index in [9.17, 15) is 9.59 Å². The summed E-state index contributed by atoms with van der Waals surface area (Å²) in [5, 5.41) is 13.9. The standard InChI is InChI=1S/C18H24N4O3S2/c1-5-25-13-9-7-12(8-10-13)15(23)19-14(11(3)4)16(24)20-17-21-22-18(27-17)26-6-2/h7-11,14H,5-6H2,1-4H3,(H,19,23)(H,20,21,24). The second-order valence-electron chi connectivity index (χ2n) is 5.95. The van der Waals surface area contributed by atoms with Crippen molar-refractivity contribution in [3.8, 4) is 5.75 Å². The molecule has 146 valence electrons. The van der Waals surface area contributed by atoms with Gasteiger partial charge in [-0.2, -0.15) is 0 Å². The van der Waals surface area contributed by atoms with Crippen molar-refractivity contribution >= 4 is 40.0 Å². The van der Waals surface area contributed by atoms with Crippen LogP contribution in [0.2, 0.25) is 0 Å². The Labute approximate surface area is 167 Å². The van der Waals surface area contributed by atoms with Gasteiger partial charge in [-0.3, -0.25) is 14.9 Å². The van der Waals surface area contributed by atoms with E-state index < -0.39 is 6.04 Å². The van der Waals surface area contributed by atoms with Gasteiger partial charge in [0, 0.05) is 5.56 Å². The summed E-state index contributed by atoms with van der Waals surface area (Å²) >= 11 is 2.88. The number of anilines is 1. The number of carbonyl (C=O) groups is 2. The molecule has 0 bridgehead atoms. The van der Waals surface area contributed by atoms with E-state index in [1.165, 1.54) is 11.3 Å². The maximum atomic E-state index is 12.6. The number of nitrogens with zero attached hydrogens (tertiary/aromatic N) is 2. The molecule has 2 amide bonds. The average molecular weight is 409 g/mol. The summed E-state index contributed by atoms with van der Waals surface area (Å²) in [6.45, 7) is 8.23. The minimum atomic E-state index is -0.685. The Kier molecular flexibility index (Phi) is 8.05. The number of amides is 2. The maximum Gasteiger partial charge on any atom is 0.251 e. The van der Waals surface area contributed by atoms with Crippen LogP contribution in [0, 0.1) is 5.92 Å². The molecular weight excluding hydrogens is 384 g/mol. The molecular formula is C18H24N4O3S2. The summed E-state index contributed by atoms with van der Waals surface area (Å²) in [6, 6.07) is 6.13. The van der Waals surface area contributed by atoms with Crippen LogP contribution in [-0.2, 0) is 4.79 Å². The average Bonchev–Trinajstić information content (AvgIpc) is 3.07. The summed E-state index contributed by atoms with van der Waals surface area (Å²) in [4.78, 5) is 25.1. The topological polar surface area (TPSA) is 93.2 Å². The van der Waals surface area contributed by atoms with E-state index in [0.29, 0.717) is 23.1 Å². The Morgan fingerprint density at radius 1 is 1.19 bits per heavy atom. The van der Waals surface area contributed by atoms with E-state index in [1.54, 1.807) is 36.0 Å². The normalized spacial score (nSPS) is 11.9. The first kappa shape index (κ1) is 21.2. The maximum absolute atomic E-state index is 12.6. The van der Waals surface area contributed by atoms with E-state index in [2.05, 4.69) is 20.8 Å². The molecule has 2 N–H and O–H groups in total. The number of aromatic nitrogens is 2. The van der Waals surface area contributed by atoms with Crippen LogP contribution >= 0.6 is 23.1 Å². The minimum Gasteiger partial charge on any atom is -0.494 e. The molecule has 27 heavy (non-hydrogen) atoms. The van der Waals surface area contributed by atoms with Crippen molar-refractivity contribution in [3.05, 3.63) is 29.8 Å². The fourth-order valence-electron chi connectivity index (χ4n) is 2.25. The van der Waals surface area contributed by atoms with Gasteiger partial charge in [-0.25, -0.2) is 0 Å². The zero-order chi connectivity index (χ0) is 19.8. The van der Waals surface area contributed by atoms with Crippen molar-refractivity contribution in [1.29, 1.82) is 0 Å². The molecule has 0 aliphatic carbocycles. The monoisotopic (exact) mass is 408 g/mol. The Bertz CT molecular complexity index is 762. The summed E-state index contributed by atoms with van der Waals surface area (Å²) in [5.41, 5.74) is 0.467. The van der Waals surface area contributed by atoms with Crippen LogP contribution in [0.3, 0.4) is 0 Å². The van der Waals surface area contributed by atoms with Crippen LogP contribution in [0.15, 0.2) is 28.6 Å². The van der Waals surface area contributed by atoms with Gasteiger partial charge in [0.1, 0.15) is 11.8 Å². The number of nitrogens with one attached hydrogen (secondary N) is 2. The third-order valence-corrected chi connectivity index (χ3v) is 5.42. The predicted octanol–water partition coefficient (Wildman–Crippen LogP) is 3.44. The zero-order valence-electron chi connectivity index (χ0n) is 15.8. The molecule has 9 heteroatoms. The molecule has 1 heterocycles. The fourth-order valence-corrected chi connectivity index (χ4v) is 3.91. The highest BCUT2D eigenvalue weighted by atomic mass is 32.2. The second kappa shape index (κ2) is 10.3. The molecule has 1 atom stereocenters. The van der Waals surface area contributed by atoms with Crippen LogP contribution in [-0.4, -0.2) is 40.4 Å². The number of hydrogen-bond acceptors (Lipinski definition) is 7. The van der Waals surface area contributed by atoms with Gasteiger partial charge in [-0.05, 0) is 42.9 Å². The highest BCUT2D eigenvalue weighted by Gasteiger charge is 2.25. The van der Waals surface area contributed by atoms with Crippen molar-refractivity contribution in [1.82, 2.24) is 15.5 Å². The molecule has 2 aromatic rings. The highest BCUT2D eigenvalue weighted by Crippen LogP contribution is 2.25. The molecule has 0 saturated carbocycles. The van der Waals surface area contributed by atoms with E-state index >= 15 is 0 Å². The largest absolute Gasteiger partial charge is 0.494 e. The molecule has 1 aromatic heterocycles. The first-order valence-corrected chi connectivity index (χ1v) is 10.6. The van der Waals surface area contributed by atoms with Crippen molar-refractivity contribution < 1.29 is 14.3 Å². The minimum absolute atomic E-state index is 0.0888. The van der Waals surface area contributed by atoms with Crippen LogP contribution in [0.25, 0.3) is 0 Å². The lowest BCUT2D eigenvalue weighted by molar-refractivity contribution is -0.118. The smallest absolute Gasteiger partial charge is 0.251 e. The molecule has 0 radical (unpaired) electrons. The number of benzene rings is 1. The molecule has 0 saturated heterocycles. The lowest BCUT2D eigenvalue weighted by atomic mass is 10.0. The van der Waals surface area contributed by atoms with E-state index in [4.69, 9.17) is 4.74 Å². The molecule has 1 aromatic carbocycles. The summed E-state index contributed by atoms with van der Waals surface area (Å²) in [6.07, 6.45) is 0. The SMILES string of the molecule is CCOc1ccc(C(=O)NC(C(=O)Nc2nnc(SCC)s2)C(C)C)cc1. The van der Waals surface area contributed by atoms with Gasteiger partial charge < -0.3 is 10.1 Å². The van der Waals surface area contributed by atoms with Crippen molar-refractivity contribution in [2.75, 3.05) is 17.7 Å². The lowest BCUT2D eigenvalue weighted by Crippen LogP contribution is -2.47. The van der Waals surface area contributed by atoms with E-state index in [-0.39, 0.29) is 17.7 Å². The Morgan fingerprint density at radius 2 is 1.89 bits per heavy atom. The van der Waals surface area contributed by atoms with Gasteiger partial charge in [0.15, 0.2) is 4.34 Å². The van der Waals surface area contributed by atoms with Gasteiger partial charge in [0.25, 0.3) is 5.91 Å². The van der Waals surface area contributed by atoms with Crippen LogP contribution < -0.4 is 15.4 Å². The van der Waals surface area contributed by atoms with Crippen molar-refractivity contribution in [3.63, 3.8) is 0 Å². The van der Waals surface area contributed by atoms with E-state index in [1.807, 2.05) is 27.7 Å².